The van der Waals surface area contributed by atoms with Crippen LogP contribution in [-0.4, -0.2) is 15.7 Å². The van der Waals surface area contributed by atoms with Crippen LogP contribution in [0.1, 0.15) is 35.8 Å². The highest BCUT2D eigenvalue weighted by Crippen LogP contribution is 2.30. The Morgan fingerprint density at radius 1 is 1.12 bits per heavy atom. The number of aromatic nitrogens is 2. The van der Waals surface area contributed by atoms with Gasteiger partial charge in [-0.15, -0.1) is 0 Å². The van der Waals surface area contributed by atoms with Crippen LogP contribution in [0.2, 0.25) is 0 Å². The molecule has 3 aromatic rings. The first-order chi connectivity index (χ1) is 12.5. The summed E-state index contributed by atoms with van der Waals surface area (Å²) in [5.41, 5.74) is 14.2. The van der Waals surface area contributed by atoms with Gasteiger partial charge in [0.15, 0.2) is 0 Å². The summed E-state index contributed by atoms with van der Waals surface area (Å²) >= 11 is 0. The molecule has 6 heteroatoms. The minimum Gasteiger partial charge on any atom is -0.489 e. The Hall–Kier alpha value is -3.28. The number of amides is 1. The molecule has 0 atom stereocenters. The molecular formula is C20H22N4O2. The van der Waals surface area contributed by atoms with Gasteiger partial charge in [-0.1, -0.05) is 30.3 Å². The van der Waals surface area contributed by atoms with Crippen molar-refractivity contribution in [3.8, 4) is 17.0 Å². The summed E-state index contributed by atoms with van der Waals surface area (Å²) in [6, 6.07) is 17.3. The largest absolute Gasteiger partial charge is 0.489 e. The van der Waals surface area contributed by atoms with Gasteiger partial charge < -0.3 is 16.2 Å². The van der Waals surface area contributed by atoms with Gasteiger partial charge >= 0.3 is 0 Å². The monoisotopic (exact) mass is 350 g/mol. The zero-order valence-electron chi connectivity index (χ0n) is 14.8. The van der Waals surface area contributed by atoms with Gasteiger partial charge in [0.1, 0.15) is 29.4 Å². The zero-order chi connectivity index (χ0) is 18.7. The van der Waals surface area contributed by atoms with E-state index in [1.165, 1.54) is 0 Å². The number of primary amides is 1. The Balaban J connectivity index is 1.84. The second-order valence-electron chi connectivity index (χ2n) is 6.31. The molecule has 0 aliphatic heterocycles. The number of benzene rings is 2. The van der Waals surface area contributed by atoms with Crippen molar-refractivity contribution in [2.24, 2.45) is 5.73 Å². The van der Waals surface area contributed by atoms with Crippen molar-refractivity contribution in [1.82, 2.24) is 9.78 Å². The summed E-state index contributed by atoms with van der Waals surface area (Å²) in [6.45, 7) is 4.37. The van der Waals surface area contributed by atoms with E-state index in [1.807, 2.05) is 68.4 Å². The highest BCUT2D eigenvalue weighted by atomic mass is 16.5. The van der Waals surface area contributed by atoms with Crippen LogP contribution in [0.5, 0.6) is 5.75 Å². The Morgan fingerprint density at radius 3 is 2.35 bits per heavy atom. The van der Waals surface area contributed by atoms with Gasteiger partial charge in [0.2, 0.25) is 0 Å². The number of rotatable bonds is 6. The molecule has 0 unspecified atom stereocenters. The summed E-state index contributed by atoms with van der Waals surface area (Å²) in [4.78, 5) is 11.8. The van der Waals surface area contributed by atoms with Crippen LogP contribution in [-0.2, 0) is 6.61 Å². The van der Waals surface area contributed by atoms with Crippen LogP contribution < -0.4 is 16.2 Å². The number of anilines is 1. The smallest absolute Gasteiger partial charge is 0.254 e. The molecule has 1 heterocycles. The third kappa shape index (κ3) is 3.54. The molecule has 0 saturated heterocycles. The van der Waals surface area contributed by atoms with Crippen molar-refractivity contribution in [2.45, 2.75) is 26.5 Å². The maximum atomic E-state index is 11.8. The molecule has 2 aromatic carbocycles. The van der Waals surface area contributed by atoms with Crippen LogP contribution >= 0.6 is 0 Å². The molecule has 134 valence electrons. The molecular weight excluding hydrogens is 328 g/mol. The number of nitrogens with zero attached hydrogens (tertiary/aromatic N) is 2. The van der Waals surface area contributed by atoms with Gasteiger partial charge in [0, 0.05) is 11.6 Å². The van der Waals surface area contributed by atoms with E-state index in [0.717, 1.165) is 16.9 Å². The second-order valence-corrected chi connectivity index (χ2v) is 6.31. The van der Waals surface area contributed by atoms with E-state index in [-0.39, 0.29) is 17.4 Å². The Bertz CT molecular complexity index is 900. The van der Waals surface area contributed by atoms with Crippen LogP contribution in [0.4, 0.5) is 5.82 Å². The highest BCUT2D eigenvalue weighted by Gasteiger charge is 2.22. The molecule has 1 amide bonds. The van der Waals surface area contributed by atoms with E-state index in [0.29, 0.717) is 12.3 Å². The van der Waals surface area contributed by atoms with E-state index >= 15 is 0 Å². The minimum absolute atomic E-state index is 0.0235. The summed E-state index contributed by atoms with van der Waals surface area (Å²) in [7, 11) is 0. The predicted octanol–water partition coefficient (Wildman–Crippen LogP) is 3.39. The van der Waals surface area contributed by atoms with E-state index in [1.54, 1.807) is 4.68 Å². The maximum Gasteiger partial charge on any atom is 0.254 e. The lowest BCUT2D eigenvalue weighted by atomic mass is 10.1. The van der Waals surface area contributed by atoms with Gasteiger partial charge in [-0.25, -0.2) is 4.68 Å². The lowest BCUT2D eigenvalue weighted by molar-refractivity contribution is 0.100. The SMILES string of the molecule is CC(C)n1nc(-c2ccc(OCc3ccccc3)cc2)c(C(N)=O)c1N. The number of hydrogen-bond acceptors (Lipinski definition) is 4. The normalized spacial score (nSPS) is 10.9. The van der Waals surface area contributed by atoms with E-state index < -0.39 is 5.91 Å². The first kappa shape index (κ1) is 17.5. The third-order valence-electron chi connectivity index (χ3n) is 4.06. The molecule has 0 saturated carbocycles. The van der Waals surface area contributed by atoms with E-state index in [4.69, 9.17) is 16.2 Å². The quantitative estimate of drug-likeness (QED) is 0.712. The molecule has 3 rings (SSSR count). The fourth-order valence-electron chi connectivity index (χ4n) is 2.74. The first-order valence-corrected chi connectivity index (χ1v) is 8.42. The average Bonchev–Trinajstić information content (AvgIpc) is 2.99. The molecule has 26 heavy (non-hydrogen) atoms. The van der Waals surface area contributed by atoms with Crippen LogP contribution in [0.25, 0.3) is 11.3 Å². The Labute approximate surface area is 152 Å². The summed E-state index contributed by atoms with van der Waals surface area (Å²) in [6.07, 6.45) is 0. The van der Waals surface area contributed by atoms with Crippen molar-refractivity contribution < 1.29 is 9.53 Å². The van der Waals surface area contributed by atoms with Gasteiger partial charge in [-0.05, 0) is 43.7 Å². The summed E-state index contributed by atoms with van der Waals surface area (Å²) in [5, 5.41) is 4.47. The van der Waals surface area contributed by atoms with Crippen molar-refractivity contribution in [2.75, 3.05) is 5.73 Å². The van der Waals surface area contributed by atoms with Gasteiger partial charge in [-0.2, -0.15) is 5.10 Å². The molecule has 0 fully saturated rings. The first-order valence-electron chi connectivity index (χ1n) is 8.42. The molecule has 6 nitrogen and oxygen atoms in total. The van der Waals surface area contributed by atoms with Crippen molar-refractivity contribution in [3.05, 3.63) is 65.7 Å². The number of ether oxygens (including phenoxy) is 1. The standard InChI is InChI=1S/C20H22N4O2/c1-13(2)24-19(21)17(20(22)25)18(23-24)15-8-10-16(11-9-15)26-12-14-6-4-3-5-7-14/h3-11,13H,12,21H2,1-2H3,(H2,22,25). The number of carbonyl (C=O) groups is 1. The average molecular weight is 350 g/mol. The highest BCUT2D eigenvalue weighted by molar-refractivity contribution is 6.03. The van der Waals surface area contributed by atoms with Gasteiger partial charge in [0.25, 0.3) is 5.91 Å². The van der Waals surface area contributed by atoms with Crippen LogP contribution in [0.3, 0.4) is 0 Å². The molecule has 4 N–H and O–H groups in total. The second kappa shape index (κ2) is 7.31. The maximum absolute atomic E-state index is 11.8. The molecule has 0 radical (unpaired) electrons. The van der Waals surface area contributed by atoms with Crippen molar-refractivity contribution in [3.63, 3.8) is 0 Å². The molecule has 0 bridgehead atoms. The van der Waals surface area contributed by atoms with Crippen LogP contribution in [0, 0.1) is 0 Å². The summed E-state index contributed by atoms with van der Waals surface area (Å²) in [5.74, 6) is 0.426. The van der Waals surface area contributed by atoms with Gasteiger partial charge in [-0.3, -0.25) is 4.79 Å². The molecule has 1 aromatic heterocycles. The van der Waals surface area contributed by atoms with Crippen molar-refractivity contribution in [1.29, 1.82) is 0 Å². The predicted molar refractivity (Wildman–Crippen MR) is 102 cm³/mol. The fourth-order valence-corrected chi connectivity index (χ4v) is 2.74. The lowest BCUT2D eigenvalue weighted by Crippen LogP contribution is -2.15. The molecule has 0 aliphatic carbocycles. The van der Waals surface area contributed by atoms with E-state index in [9.17, 15) is 4.79 Å². The minimum atomic E-state index is -0.589. The van der Waals surface area contributed by atoms with E-state index in [2.05, 4.69) is 5.10 Å². The summed E-state index contributed by atoms with van der Waals surface area (Å²) < 4.78 is 7.39. The zero-order valence-corrected chi connectivity index (χ0v) is 14.8. The molecule has 0 aliphatic rings. The van der Waals surface area contributed by atoms with Crippen LogP contribution in [0.15, 0.2) is 54.6 Å². The molecule has 0 spiro atoms. The lowest BCUT2D eigenvalue weighted by Gasteiger charge is -2.07. The Morgan fingerprint density at radius 2 is 1.77 bits per heavy atom. The number of carbonyl (C=O) groups excluding carboxylic acids is 1. The van der Waals surface area contributed by atoms with Crippen molar-refractivity contribution >= 4 is 11.7 Å². The topological polar surface area (TPSA) is 96.2 Å². The fraction of sp³-hybridized carbons (Fsp3) is 0.200. The van der Waals surface area contributed by atoms with Gasteiger partial charge in [0.05, 0.1) is 0 Å². The number of hydrogen-bond donors (Lipinski definition) is 2. The third-order valence-corrected chi connectivity index (χ3v) is 4.06. The number of nitrogen functional groups attached to an aromatic ring is 1. The Kier molecular flexibility index (Phi) is 4.93. The number of nitrogens with two attached hydrogens (primary N) is 2.